The molecule has 0 aliphatic carbocycles. The van der Waals surface area contributed by atoms with E-state index in [4.69, 9.17) is 4.74 Å². The van der Waals surface area contributed by atoms with E-state index in [1.807, 2.05) is 23.4 Å². The minimum Gasteiger partial charge on any atom is -0.497 e. The highest BCUT2D eigenvalue weighted by molar-refractivity contribution is 7.16. The maximum atomic E-state index is 12.2. The third-order valence-corrected chi connectivity index (χ3v) is 4.18. The summed E-state index contributed by atoms with van der Waals surface area (Å²) >= 11 is 1.55. The van der Waals surface area contributed by atoms with Gasteiger partial charge in [0, 0.05) is 12.7 Å². The van der Waals surface area contributed by atoms with Crippen LogP contribution in [0.5, 0.6) is 5.75 Å². The topological polar surface area (TPSA) is 67.3 Å². The normalized spacial score (nSPS) is 10.5. The summed E-state index contributed by atoms with van der Waals surface area (Å²) in [6.45, 7) is 0.202. The van der Waals surface area contributed by atoms with E-state index in [9.17, 15) is 4.79 Å². The number of fused-ring (bicyclic) bond motifs is 1. The van der Waals surface area contributed by atoms with Crippen molar-refractivity contribution in [2.45, 2.75) is 0 Å². The molecule has 118 valence electrons. The van der Waals surface area contributed by atoms with Crippen LogP contribution in [-0.4, -0.2) is 36.6 Å². The van der Waals surface area contributed by atoms with Crippen molar-refractivity contribution < 1.29 is 9.53 Å². The number of nitrogens with one attached hydrogen (secondary N) is 1. The van der Waals surface area contributed by atoms with Crippen molar-refractivity contribution in [3.63, 3.8) is 0 Å². The molecule has 0 aliphatic heterocycles. The van der Waals surface area contributed by atoms with E-state index in [1.54, 1.807) is 42.7 Å². The fourth-order valence-corrected chi connectivity index (χ4v) is 2.97. The van der Waals surface area contributed by atoms with Gasteiger partial charge in [-0.15, -0.1) is 11.3 Å². The van der Waals surface area contributed by atoms with Gasteiger partial charge < -0.3 is 15.0 Å². The second-order valence-corrected chi connectivity index (χ2v) is 5.86. The molecule has 0 unspecified atom stereocenters. The molecular weight excluding hydrogens is 312 g/mol. The van der Waals surface area contributed by atoms with E-state index in [-0.39, 0.29) is 12.5 Å². The van der Waals surface area contributed by atoms with Gasteiger partial charge in [-0.25, -0.2) is 9.97 Å². The molecule has 0 fully saturated rings. The molecule has 23 heavy (non-hydrogen) atoms. The summed E-state index contributed by atoms with van der Waals surface area (Å²) in [7, 11) is 3.45. The highest BCUT2D eigenvalue weighted by atomic mass is 32.1. The van der Waals surface area contributed by atoms with Crippen molar-refractivity contribution in [2.24, 2.45) is 0 Å². The Labute approximate surface area is 137 Å². The molecular formula is C16H16N4O2S. The molecule has 2 aromatic heterocycles. The van der Waals surface area contributed by atoms with Crippen molar-refractivity contribution in [1.29, 1.82) is 0 Å². The van der Waals surface area contributed by atoms with Crippen LogP contribution in [0.3, 0.4) is 0 Å². The summed E-state index contributed by atoms with van der Waals surface area (Å²) in [5, 5.41) is 5.78. The lowest BCUT2D eigenvalue weighted by atomic mass is 10.3. The second kappa shape index (κ2) is 6.62. The van der Waals surface area contributed by atoms with Crippen LogP contribution >= 0.6 is 11.3 Å². The molecule has 0 aliphatic rings. The molecule has 0 spiro atoms. The van der Waals surface area contributed by atoms with Crippen LogP contribution in [0.2, 0.25) is 0 Å². The van der Waals surface area contributed by atoms with E-state index in [0.29, 0.717) is 0 Å². The first-order chi connectivity index (χ1) is 11.2. The van der Waals surface area contributed by atoms with Gasteiger partial charge in [0.25, 0.3) is 0 Å². The summed E-state index contributed by atoms with van der Waals surface area (Å²) in [6.07, 6.45) is 1.52. The smallest absolute Gasteiger partial charge is 0.243 e. The van der Waals surface area contributed by atoms with Crippen LogP contribution in [0.25, 0.3) is 10.2 Å². The number of anilines is 2. The molecule has 0 saturated heterocycles. The first kappa shape index (κ1) is 15.2. The quantitative estimate of drug-likeness (QED) is 0.780. The number of carbonyl (C=O) groups excluding carboxylic acids is 1. The number of hydrogen-bond donors (Lipinski definition) is 1. The van der Waals surface area contributed by atoms with Crippen molar-refractivity contribution >= 4 is 39.0 Å². The number of thiophene rings is 1. The zero-order valence-corrected chi connectivity index (χ0v) is 13.6. The average Bonchev–Trinajstić information content (AvgIpc) is 3.03. The summed E-state index contributed by atoms with van der Waals surface area (Å²) in [5.74, 6) is 1.39. The van der Waals surface area contributed by atoms with Gasteiger partial charge in [0.1, 0.15) is 22.7 Å². The van der Waals surface area contributed by atoms with E-state index in [1.165, 1.54) is 6.33 Å². The summed E-state index contributed by atoms with van der Waals surface area (Å²) in [5.41, 5.74) is 0.729. The van der Waals surface area contributed by atoms with Crippen LogP contribution in [0.1, 0.15) is 0 Å². The minimum atomic E-state index is -0.111. The Balaban J connectivity index is 1.68. The van der Waals surface area contributed by atoms with Crippen molar-refractivity contribution in [3.05, 3.63) is 42.0 Å². The third-order valence-electron chi connectivity index (χ3n) is 3.36. The monoisotopic (exact) mass is 328 g/mol. The highest BCUT2D eigenvalue weighted by Gasteiger charge is 2.13. The number of nitrogens with zero attached hydrogens (tertiary/aromatic N) is 3. The largest absolute Gasteiger partial charge is 0.497 e. The highest BCUT2D eigenvalue weighted by Crippen LogP contribution is 2.25. The molecule has 1 aromatic carbocycles. The molecule has 7 heteroatoms. The van der Waals surface area contributed by atoms with Crippen LogP contribution in [0, 0.1) is 0 Å². The van der Waals surface area contributed by atoms with Gasteiger partial charge in [0.2, 0.25) is 5.91 Å². The van der Waals surface area contributed by atoms with Gasteiger partial charge in [-0.05, 0) is 35.7 Å². The summed E-state index contributed by atoms with van der Waals surface area (Å²) < 4.78 is 5.10. The van der Waals surface area contributed by atoms with E-state index in [0.717, 1.165) is 27.5 Å². The van der Waals surface area contributed by atoms with Gasteiger partial charge in [0.15, 0.2) is 0 Å². The molecule has 3 rings (SSSR count). The number of benzene rings is 1. The number of rotatable bonds is 5. The lowest BCUT2D eigenvalue weighted by Crippen LogP contribution is -2.30. The van der Waals surface area contributed by atoms with Gasteiger partial charge in [-0.2, -0.15) is 0 Å². The molecule has 0 atom stereocenters. The molecule has 3 aromatic rings. The fourth-order valence-electron chi connectivity index (χ4n) is 2.25. The van der Waals surface area contributed by atoms with Gasteiger partial charge >= 0.3 is 0 Å². The Morgan fingerprint density at radius 3 is 2.78 bits per heavy atom. The Morgan fingerprint density at radius 2 is 2.04 bits per heavy atom. The maximum absolute atomic E-state index is 12.2. The molecule has 2 heterocycles. The van der Waals surface area contributed by atoms with Gasteiger partial charge in [-0.1, -0.05) is 0 Å². The summed E-state index contributed by atoms with van der Waals surface area (Å²) in [6, 6.07) is 9.18. The van der Waals surface area contributed by atoms with Crippen LogP contribution < -0.4 is 15.0 Å². The Kier molecular flexibility index (Phi) is 4.38. The zero-order valence-electron chi connectivity index (χ0n) is 12.8. The number of ether oxygens (including phenoxy) is 1. The van der Waals surface area contributed by atoms with Crippen LogP contribution in [0.15, 0.2) is 42.0 Å². The van der Waals surface area contributed by atoms with Crippen molar-refractivity contribution in [3.8, 4) is 5.75 Å². The molecule has 6 nitrogen and oxygen atoms in total. The SMILES string of the molecule is COc1ccc(NC(=O)CN(C)c2ncnc3sccc23)cc1. The van der Waals surface area contributed by atoms with Gasteiger partial charge in [-0.3, -0.25) is 4.79 Å². The maximum Gasteiger partial charge on any atom is 0.243 e. The average molecular weight is 328 g/mol. The van der Waals surface area contributed by atoms with E-state index >= 15 is 0 Å². The molecule has 1 N–H and O–H groups in total. The Bertz CT molecular complexity index is 816. The van der Waals surface area contributed by atoms with Crippen molar-refractivity contribution in [2.75, 3.05) is 30.9 Å². The van der Waals surface area contributed by atoms with E-state index in [2.05, 4.69) is 15.3 Å². The third kappa shape index (κ3) is 3.40. The fraction of sp³-hybridized carbons (Fsp3) is 0.188. The van der Waals surface area contributed by atoms with E-state index < -0.39 is 0 Å². The standard InChI is InChI=1S/C16H16N4O2S/c1-20(15-13-7-8-23-16(13)18-10-17-15)9-14(21)19-11-3-5-12(22-2)6-4-11/h3-8,10H,9H2,1-2H3,(H,19,21). The first-order valence-electron chi connectivity index (χ1n) is 7.00. The number of carbonyl (C=O) groups is 1. The zero-order chi connectivity index (χ0) is 16.2. The van der Waals surface area contributed by atoms with Crippen molar-refractivity contribution in [1.82, 2.24) is 9.97 Å². The molecule has 1 amide bonds. The molecule has 0 saturated carbocycles. The number of likely N-dealkylation sites (N-methyl/N-ethyl adjacent to an activating group) is 1. The summed E-state index contributed by atoms with van der Waals surface area (Å²) in [4.78, 5) is 23.4. The number of amides is 1. The van der Waals surface area contributed by atoms with Gasteiger partial charge in [0.05, 0.1) is 19.0 Å². The number of methoxy groups -OCH3 is 1. The first-order valence-corrected chi connectivity index (χ1v) is 7.88. The Morgan fingerprint density at radius 1 is 1.26 bits per heavy atom. The Hall–Kier alpha value is -2.67. The van der Waals surface area contributed by atoms with Crippen LogP contribution in [0.4, 0.5) is 11.5 Å². The minimum absolute atomic E-state index is 0.111. The predicted octanol–water partition coefficient (Wildman–Crippen LogP) is 2.77. The lowest BCUT2D eigenvalue weighted by molar-refractivity contribution is -0.114. The molecule has 0 radical (unpaired) electrons. The predicted molar refractivity (Wildman–Crippen MR) is 92.3 cm³/mol. The molecule has 0 bridgehead atoms. The lowest BCUT2D eigenvalue weighted by Gasteiger charge is -2.18. The number of hydrogen-bond acceptors (Lipinski definition) is 6. The van der Waals surface area contributed by atoms with Crippen LogP contribution in [-0.2, 0) is 4.79 Å². The number of aromatic nitrogens is 2. The second-order valence-electron chi connectivity index (χ2n) is 4.97.